The first-order valence-electron chi connectivity index (χ1n) is 7.01. The molecule has 1 aromatic carbocycles. The van der Waals surface area contributed by atoms with E-state index in [4.69, 9.17) is 10.2 Å². The van der Waals surface area contributed by atoms with Crippen molar-refractivity contribution in [1.29, 1.82) is 0 Å². The average molecular weight is 286 g/mol. The highest BCUT2D eigenvalue weighted by Gasteiger charge is 2.12. The van der Waals surface area contributed by atoms with Crippen molar-refractivity contribution < 1.29 is 4.42 Å². The maximum atomic E-state index is 12.0. The van der Waals surface area contributed by atoms with Gasteiger partial charge in [-0.1, -0.05) is 6.92 Å². The Hall–Kier alpha value is -2.50. The standard InChI is InChI=1S/C15H18N4O2/c1-3-10(2)19-7-6-12(17-19)9-18-13-5-4-11(16)8-14(13)21-15(18)20/h4-8,10H,3,9,16H2,1-2H3. The van der Waals surface area contributed by atoms with E-state index in [2.05, 4.69) is 18.9 Å². The molecule has 0 aliphatic rings. The average Bonchev–Trinajstić information content (AvgIpc) is 3.04. The van der Waals surface area contributed by atoms with E-state index in [9.17, 15) is 4.79 Å². The molecule has 6 nitrogen and oxygen atoms in total. The zero-order valence-corrected chi connectivity index (χ0v) is 12.1. The maximum Gasteiger partial charge on any atom is 0.420 e. The molecule has 0 spiro atoms. The fourth-order valence-corrected chi connectivity index (χ4v) is 2.29. The molecule has 0 amide bonds. The van der Waals surface area contributed by atoms with Crippen molar-refractivity contribution in [2.75, 3.05) is 5.73 Å². The van der Waals surface area contributed by atoms with Crippen LogP contribution in [0, 0.1) is 0 Å². The van der Waals surface area contributed by atoms with E-state index in [1.807, 2.05) is 16.9 Å². The molecule has 3 rings (SSSR count). The first kappa shape index (κ1) is 13.5. The van der Waals surface area contributed by atoms with Gasteiger partial charge in [-0.15, -0.1) is 0 Å². The van der Waals surface area contributed by atoms with Crippen LogP contribution in [0.3, 0.4) is 0 Å². The Morgan fingerprint density at radius 1 is 1.38 bits per heavy atom. The summed E-state index contributed by atoms with van der Waals surface area (Å²) in [5.74, 6) is -0.395. The van der Waals surface area contributed by atoms with E-state index >= 15 is 0 Å². The summed E-state index contributed by atoms with van der Waals surface area (Å²) in [5, 5.41) is 4.51. The minimum absolute atomic E-state index is 0.344. The van der Waals surface area contributed by atoms with Gasteiger partial charge in [-0.05, 0) is 31.5 Å². The summed E-state index contributed by atoms with van der Waals surface area (Å²) < 4.78 is 8.71. The van der Waals surface area contributed by atoms with Crippen LogP contribution in [0.25, 0.3) is 11.1 Å². The Bertz CT molecular complexity index is 828. The quantitative estimate of drug-likeness (QED) is 0.747. The maximum absolute atomic E-state index is 12.0. The topological polar surface area (TPSA) is 79.0 Å². The lowest BCUT2D eigenvalue weighted by atomic mass is 10.3. The van der Waals surface area contributed by atoms with Crippen LogP contribution in [0.4, 0.5) is 5.69 Å². The van der Waals surface area contributed by atoms with Crippen molar-refractivity contribution >= 4 is 16.8 Å². The number of oxazole rings is 1. The van der Waals surface area contributed by atoms with E-state index in [1.165, 1.54) is 0 Å². The van der Waals surface area contributed by atoms with E-state index in [0.29, 0.717) is 23.9 Å². The lowest BCUT2D eigenvalue weighted by Crippen LogP contribution is -2.15. The summed E-state index contributed by atoms with van der Waals surface area (Å²) in [6.45, 7) is 4.61. The van der Waals surface area contributed by atoms with E-state index in [1.54, 1.807) is 22.8 Å². The lowest BCUT2D eigenvalue weighted by molar-refractivity contribution is 0.469. The molecule has 0 fully saturated rings. The number of fused-ring (bicyclic) bond motifs is 1. The van der Waals surface area contributed by atoms with Crippen LogP contribution in [-0.4, -0.2) is 14.3 Å². The van der Waals surface area contributed by atoms with E-state index < -0.39 is 5.76 Å². The van der Waals surface area contributed by atoms with Crippen molar-refractivity contribution in [2.24, 2.45) is 0 Å². The number of aromatic nitrogens is 3. The van der Waals surface area contributed by atoms with Crippen LogP contribution in [0.1, 0.15) is 32.0 Å². The molecular formula is C15H18N4O2. The van der Waals surface area contributed by atoms with Crippen molar-refractivity contribution in [2.45, 2.75) is 32.9 Å². The minimum Gasteiger partial charge on any atom is -0.408 e. The summed E-state index contributed by atoms with van der Waals surface area (Å²) in [7, 11) is 0. The molecule has 110 valence electrons. The van der Waals surface area contributed by atoms with Gasteiger partial charge >= 0.3 is 5.76 Å². The van der Waals surface area contributed by atoms with E-state index in [0.717, 1.165) is 17.6 Å². The summed E-state index contributed by atoms with van der Waals surface area (Å²) in [5.41, 5.74) is 8.34. The molecule has 0 aliphatic heterocycles. The Labute approximate surface area is 121 Å². The Balaban J connectivity index is 1.96. The molecule has 0 saturated heterocycles. The van der Waals surface area contributed by atoms with Gasteiger partial charge in [0.05, 0.1) is 17.8 Å². The molecule has 3 aromatic rings. The van der Waals surface area contributed by atoms with Crippen LogP contribution in [-0.2, 0) is 6.54 Å². The van der Waals surface area contributed by atoms with Gasteiger partial charge in [-0.3, -0.25) is 9.25 Å². The van der Waals surface area contributed by atoms with Gasteiger partial charge in [-0.2, -0.15) is 5.10 Å². The fraction of sp³-hybridized carbons (Fsp3) is 0.333. The Morgan fingerprint density at radius 3 is 2.95 bits per heavy atom. The molecule has 2 heterocycles. The second-order valence-electron chi connectivity index (χ2n) is 5.23. The largest absolute Gasteiger partial charge is 0.420 e. The second kappa shape index (κ2) is 5.12. The smallest absolute Gasteiger partial charge is 0.408 e. The number of benzene rings is 1. The highest BCUT2D eigenvalue weighted by atomic mass is 16.4. The zero-order chi connectivity index (χ0) is 15.0. The number of hydrogen-bond donors (Lipinski definition) is 1. The van der Waals surface area contributed by atoms with Crippen LogP contribution in [0.2, 0.25) is 0 Å². The zero-order valence-electron chi connectivity index (χ0n) is 12.1. The van der Waals surface area contributed by atoms with Gasteiger partial charge in [0.15, 0.2) is 5.58 Å². The Kier molecular flexibility index (Phi) is 3.29. The number of rotatable bonds is 4. The Morgan fingerprint density at radius 2 is 2.19 bits per heavy atom. The number of anilines is 1. The third-order valence-corrected chi connectivity index (χ3v) is 3.72. The molecular weight excluding hydrogens is 268 g/mol. The molecule has 2 N–H and O–H groups in total. The van der Waals surface area contributed by atoms with Crippen molar-refractivity contribution in [3.63, 3.8) is 0 Å². The molecule has 0 saturated carbocycles. The monoisotopic (exact) mass is 286 g/mol. The normalized spacial score (nSPS) is 12.9. The minimum atomic E-state index is -0.395. The summed E-state index contributed by atoms with van der Waals surface area (Å²) in [6.07, 6.45) is 2.95. The van der Waals surface area contributed by atoms with Crippen LogP contribution in [0.5, 0.6) is 0 Å². The van der Waals surface area contributed by atoms with Gasteiger partial charge in [0.25, 0.3) is 0 Å². The van der Waals surface area contributed by atoms with Crippen molar-refractivity contribution in [3.05, 3.63) is 46.7 Å². The first-order valence-corrected chi connectivity index (χ1v) is 7.01. The van der Waals surface area contributed by atoms with E-state index in [-0.39, 0.29) is 0 Å². The van der Waals surface area contributed by atoms with Crippen LogP contribution in [0.15, 0.2) is 39.7 Å². The van der Waals surface area contributed by atoms with Gasteiger partial charge in [0, 0.05) is 24.0 Å². The number of nitrogens with zero attached hydrogens (tertiary/aromatic N) is 3. The number of hydrogen-bond acceptors (Lipinski definition) is 4. The predicted octanol–water partition coefficient (Wildman–Crippen LogP) is 2.39. The van der Waals surface area contributed by atoms with Crippen LogP contribution >= 0.6 is 0 Å². The number of nitrogens with two attached hydrogens (primary N) is 1. The third-order valence-electron chi connectivity index (χ3n) is 3.72. The fourth-order valence-electron chi connectivity index (χ4n) is 2.29. The molecule has 2 aromatic heterocycles. The van der Waals surface area contributed by atoms with Crippen molar-refractivity contribution in [3.8, 4) is 0 Å². The molecule has 0 radical (unpaired) electrons. The predicted molar refractivity (Wildman–Crippen MR) is 81.2 cm³/mol. The number of nitrogen functional groups attached to an aromatic ring is 1. The molecule has 0 aliphatic carbocycles. The molecule has 1 unspecified atom stereocenters. The highest BCUT2D eigenvalue weighted by molar-refractivity contribution is 5.76. The summed E-state index contributed by atoms with van der Waals surface area (Å²) in [6, 6.07) is 7.48. The third kappa shape index (κ3) is 2.44. The second-order valence-corrected chi connectivity index (χ2v) is 5.23. The highest BCUT2D eigenvalue weighted by Crippen LogP contribution is 2.17. The van der Waals surface area contributed by atoms with Crippen LogP contribution < -0.4 is 11.5 Å². The molecule has 21 heavy (non-hydrogen) atoms. The molecule has 0 bridgehead atoms. The van der Waals surface area contributed by atoms with Gasteiger partial charge < -0.3 is 10.2 Å². The lowest BCUT2D eigenvalue weighted by Gasteiger charge is -2.08. The molecule has 1 atom stereocenters. The van der Waals surface area contributed by atoms with Gasteiger partial charge in [-0.25, -0.2) is 4.79 Å². The molecule has 6 heteroatoms. The first-order chi connectivity index (χ1) is 10.1. The van der Waals surface area contributed by atoms with Crippen molar-refractivity contribution in [1.82, 2.24) is 14.3 Å². The summed E-state index contributed by atoms with van der Waals surface area (Å²) >= 11 is 0. The van der Waals surface area contributed by atoms with Gasteiger partial charge in [0.1, 0.15) is 0 Å². The SMILES string of the molecule is CCC(C)n1ccc(Cn2c(=O)oc3cc(N)ccc32)n1. The van der Waals surface area contributed by atoms with Gasteiger partial charge in [0.2, 0.25) is 0 Å². The summed E-state index contributed by atoms with van der Waals surface area (Å²) in [4.78, 5) is 12.0.